The molecule has 1 atom stereocenters. The molecule has 1 heterocycles. The molecule has 100 valence electrons. The Labute approximate surface area is 117 Å². The van der Waals surface area contributed by atoms with Gasteiger partial charge in [-0.05, 0) is 31.5 Å². The highest BCUT2D eigenvalue weighted by molar-refractivity contribution is 6.30. The summed E-state index contributed by atoms with van der Waals surface area (Å²) in [7, 11) is 0. The number of benzene rings is 1. The molecule has 0 bridgehead atoms. The smallest absolute Gasteiger partial charge is 0.238 e. The molecule has 0 aliphatic carbocycles. The first kappa shape index (κ1) is 13.6. The monoisotopic (exact) mass is 277 g/mol. The van der Waals surface area contributed by atoms with Crippen molar-refractivity contribution >= 4 is 17.5 Å². The van der Waals surface area contributed by atoms with E-state index in [1.807, 2.05) is 43.5 Å². The van der Waals surface area contributed by atoms with E-state index >= 15 is 0 Å². The minimum absolute atomic E-state index is 0.173. The summed E-state index contributed by atoms with van der Waals surface area (Å²) in [6, 6.07) is 9.76. The zero-order chi connectivity index (χ0) is 13.8. The number of nitrogens with zero attached hydrogens (tertiary/aromatic N) is 2. The number of aryl methyl sites for hydroxylation is 1. The first-order valence-electron chi connectivity index (χ1n) is 6.10. The molecule has 0 fully saturated rings. The molecule has 1 aromatic heterocycles. The number of aromatic nitrogens is 2. The van der Waals surface area contributed by atoms with Crippen LogP contribution in [0.5, 0.6) is 0 Å². The number of nitrogens with one attached hydrogen (secondary N) is 1. The predicted molar refractivity (Wildman–Crippen MR) is 75.5 cm³/mol. The number of alkyl halides is 1. The highest BCUT2D eigenvalue weighted by Crippen LogP contribution is 2.14. The van der Waals surface area contributed by atoms with E-state index in [1.54, 1.807) is 11.6 Å². The van der Waals surface area contributed by atoms with Gasteiger partial charge in [-0.1, -0.05) is 18.2 Å². The van der Waals surface area contributed by atoms with Crippen molar-refractivity contribution in [1.82, 2.24) is 15.1 Å². The molecule has 0 aliphatic rings. The molecule has 5 heteroatoms. The van der Waals surface area contributed by atoms with Crippen LogP contribution >= 0.6 is 11.6 Å². The zero-order valence-corrected chi connectivity index (χ0v) is 11.7. The SMILES string of the molecule is Cc1ccn(-c2ccccc2CNC(=O)C(C)Cl)n1. The molecule has 2 rings (SSSR count). The molecule has 0 spiro atoms. The normalized spacial score (nSPS) is 12.2. The van der Waals surface area contributed by atoms with Gasteiger partial charge in [0.2, 0.25) is 5.91 Å². The summed E-state index contributed by atoms with van der Waals surface area (Å²) in [5.74, 6) is -0.173. The van der Waals surface area contributed by atoms with Gasteiger partial charge in [-0.2, -0.15) is 5.10 Å². The first-order chi connectivity index (χ1) is 9.08. The van der Waals surface area contributed by atoms with Crippen molar-refractivity contribution in [3.63, 3.8) is 0 Å². The summed E-state index contributed by atoms with van der Waals surface area (Å²) in [5, 5.41) is 6.66. The standard InChI is InChI=1S/C14H16ClN3O/c1-10-7-8-18(17-10)13-6-4-3-5-12(13)9-16-14(19)11(2)15/h3-8,11H,9H2,1-2H3,(H,16,19). The van der Waals surface area contributed by atoms with Crippen molar-refractivity contribution in [2.45, 2.75) is 25.8 Å². The largest absolute Gasteiger partial charge is 0.351 e. The Balaban J connectivity index is 2.20. The van der Waals surface area contributed by atoms with Gasteiger partial charge in [-0.25, -0.2) is 4.68 Å². The first-order valence-corrected chi connectivity index (χ1v) is 6.54. The fourth-order valence-electron chi connectivity index (χ4n) is 1.76. The van der Waals surface area contributed by atoms with E-state index in [1.165, 1.54) is 0 Å². The van der Waals surface area contributed by atoms with Gasteiger partial charge < -0.3 is 5.32 Å². The van der Waals surface area contributed by atoms with Crippen LogP contribution in [0, 0.1) is 6.92 Å². The molecule has 1 aromatic carbocycles. The maximum absolute atomic E-state index is 11.5. The molecule has 1 N–H and O–H groups in total. The summed E-state index contributed by atoms with van der Waals surface area (Å²) >= 11 is 5.72. The summed E-state index contributed by atoms with van der Waals surface area (Å²) in [5.41, 5.74) is 2.91. The van der Waals surface area contributed by atoms with E-state index in [0.29, 0.717) is 6.54 Å². The summed E-state index contributed by atoms with van der Waals surface area (Å²) < 4.78 is 1.81. The Hall–Kier alpha value is -1.81. The third-order valence-corrected chi connectivity index (χ3v) is 2.97. The molecule has 1 unspecified atom stereocenters. The predicted octanol–water partition coefficient (Wildman–Crippen LogP) is 2.42. The van der Waals surface area contributed by atoms with Gasteiger partial charge in [0, 0.05) is 12.7 Å². The number of hydrogen-bond acceptors (Lipinski definition) is 2. The number of hydrogen-bond donors (Lipinski definition) is 1. The molecule has 2 aromatic rings. The summed E-state index contributed by atoms with van der Waals surface area (Å²) in [6.45, 7) is 4.03. The van der Waals surface area contributed by atoms with Gasteiger partial charge in [0.05, 0.1) is 11.4 Å². The molecule has 0 radical (unpaired) electrons. The molecule has 4 nitrogen and oxygen atoms in total. The third kappa shape index (κ3) is 3.35. The minimum Gasteiger partial charge on any atom is -0.351 e. The van der Waals surface area contributed by atoms with Crippen LogP contribution in [0.25, 0.3) is 5.69 Å². The van der Waals surface area contributed by atoms with E-state index < -0.39 is 5.38 Å². The van der Waals surface area contributed by atoms with Crippen molar-refractivity contribution < 1.29 is 4.79 Å². The maximum atomic E-state index is 11.5. The lowest BCUT2D eigenvalue weighted by Gasteiger charge is -2.11. The van der Waals surface area contributed by atoms with Crippen LogP contribution < -0.4 is 5.32 Å². The number of amides is 1. The average Bonchev–Trinajstić information content (AvgIpc) is 2.82. The van der Waals surface area contributed by atoms with Gasteiger partial charge in [0.25, 0.3) is 0 Å². The second kappa shape index (κ2) is 5.89. The maximum Gasteiger partial charge on any atom is 0.238 e. The van der Waals surface area contributed by atoms with Gasteiger partial charge >= 0.3 is 0 Å². The van der Waals surface area contributed by atoms with Gasteiger partial charge in [-0.3, -0.25) is 4.79 Å². The van der Waals surface area contributed by atoms with Crippen LogP contribution in [0.15, 0.2) is 36.5 Å². The second-order valence-corrected chi connectivity index (χ2v) is 5.02. The lowest BCUT2D eigenvalue weighted by atomic mass is 10.1. The van der Waals surface area contributed by atoms with E-state index in [0.717, 1.165) is 16.9 Å². The zero-order valence-electron chi connectivity index (χ0n) is 10.9. The minimum atomic E-state index is -0.529. The molecular weight excluding hydrogens is 262 g/mol. The molecule has 19 heavy (non-hydrogen) atoms. The number of para-hydroxylation sites is 1. The molecule has 0 aliphatic heterocycles. The van der Waals surface area contributed by atoms with Crippen LogP contribution in [-0.2, 0) is 11.3 Å². The molecule has 0 saturated heterocycles. The van der Waals surface area contributed by atoms with Crippen LogP contribution in [0.3, 0.4) is 0 Å². The van der Waals surface area contributed by atoms with Crippen LogP contribution in [0.1, 0.15) is 18.2 Å². The fraction of sp³-hybridized carbons (Fsp3) is 0.286. The highest BCUT2D eigenvalue weighted by atomic mass is 35.5. The van der Waals surface area contributed by atoms with E-state index in [-0.39, 0.29) is 5.91 Å². The van der Waals surface area contributed by atoms with Gasteiger partial charge in [0.15, 0.2) is 0 Å². The number of rotatable bonds is 4. The number of halogens is 1. The van der Waals surface area contributed by atoms with Gasteiger partial charge in [0.1, 0.15) is 5.38 Å². The fourth-order valence-corrected chi connectivity index (χ4v) is 1.83. The quantitative estimate of drug-likeness (QED) is 0.873. The van der Waals surface area contributed by atoms with Crippen LogP contribution in [-0.4, -0.2) is 21.1 Å². The number of carbonyl (C=O) groups is 1. The topological polar surface area (TPSA) is 46.9 Å². The Morgan fingerprint density at radius 3 is 2.79 bits per heavy atom. The van der Waals surface area contributed by atoms with E-state index in [9.17, 15) is 4.79 Å². The van der Waals surface area contributed by atoms with Crippen molar-refractivity contribution in [1.29, 1.82) is 0 Å². The third-order valence-electron chi connectivity index (χ3n) is 2.78. The van der Waals surface area contributed by atoms with Crippen molar-refractivity contribution in [2.75, 3.05) is 0 Å². The number of carbonyl (C=O) groups excluding carboxylic acids is 1. The second-order valence-electron chi connectivity index (χ2n) is 4.36. The van der Waals surface area contributed by atoms with Crippen molar-refractivity contribution in [3.05, 3.63) is 47.8 Å². The van der Waals surface area contributed by atoms with Crippen LogP contribution in [0.4, 0.5) is 0 Å². The van der Waals surface area contributed by atoms with E-state index in [4.69, 9.17) is 11.6 Å². The highest BCUT2D eigenvalue weighted by Gasteiger charge is 2.10. The molecular formula is C14H16ClN3O. The van der Waals surface area contributed by atoms with Gasteiger partial charge in [-0.15, -0.1) is 11.6 Å². The lowest BCUT2D eigenvalue weighted by Crippen LogP contribution is -2.29. The Kier molecular flexibility index (Phi) is 4.22. The average molecular weight is 278 g/mol. The van der Waals surface area contributed by atoms with Crippen LogP contribution in [0.2, 0.25) is 0 Å². The summed E-state index contributed by atoms with van der Waals surface area (Å²) in [4.78, 5) is 11.5. The van der Waals surface area contributed by atoms with Crippen molar-refractivity contribution in [2.24, 2.45) is 0 Å². The Bertz CT molecular complexity index is 578. The Morgan fingerprint density at radius 2 is 2.16 bits per heavy atom. The molecule has 0 saturated carbocycles. The molecule has 1 amide bonds. The summed E-state index contributed by atoms with van der Waals surface area (Å²) in [6.07, 6.45) is 1.90. The van der Waals surface area contributed by atoms with E-state index in [2.05, 4.69) is 10.4 Å². The lowest BCUT2D eigenvalue weighted by molar-refractivity contribution is -0.120. The van der Waals surface area contributed by atoms with Crippen molar-refractivity contribution in [3.8, 4) is 5.69 Å². The Morgan fingerprint density at radius 1 is 1.42 bits per heavy atom.